The van der Waals surface area contributed by atoms with Crippen molar-refractivity contribution >= 4 is 5.91 Å². The average molecular weight is 315 g/mol. The first-order chi connectivity index (χ1) is 10.5. The molecule has 0 aromatic heterocycles. The number of nitrogens with one attached hydrogen (secondary N) is 1. The van der Waals surface area contributed by atoms with Gasteiger partial charge in [-0.1, -0.05) is 0 Å². The maximum Gasteiger partial charge on any atom is 0.224 e. The Morgan fingerprint density at radius 1 is 1.27 bits per heavy atom. The van der Waals surface area contributed by atoms with E-state index in [0.717, 1.165) is 18.9 Å². The van der Waals surface area contributed by atoms with Gasteiger partial charge in [-0.05, 0) is 25.5 Å². The summed E-state index contributed by atoms with van der Waals surface area (Å²) in [6, 6.07) is 1.43. The Balaban J connectivity index is 1.98. The normalized spacial score (nSPS) is 19.2. The molecular formula is C15H20F3N3O. The molecule has 1 aliphatic rings. The first kappa shape index (κ1) is 16.8. The number of halogens is 3. The Morgan fingerprint density at radius 2 is 2.00 bits per heavy atom. The molecule has 0 bridgehead atoms. The molecule has 1 amide bonds. The third-order valence-corrected chi connectivity index (χ3v) is 3.80. The summed E-state index contributed by atoms with van der Waals surface area (Å²) in [5, 5.41) is 2.74. The highest BCUT2D eigenvalue weighted by Gasteiger charge is 2.26. The fourth-order valence-electron chi connectivity index (χ4n) is 2.68. The molecule has 1 aromatic carbocycles. The van der Waals surface area contributed by atoms with Crippen LogP contribution in [0, 0.1) is 23.4 Å². The van der Waals surface area contributed by atoms with E-state index in [1.54, 1.807) is 0 Å². The number of benzene rings is 1. The Morgan fingerprint density at radius 3 is 2.73 bits per heavy atom. The number of nitrogens with two attached hydrogens (primary N) is 1. The van der Waals surface area contributed by atoms with E-state index in [0.29, 0.717) is 32.2 Å². The van der Waals surface area contributed by atoms with E-state index in [-0.39, 0.29) is 23.9 Å². The van der Waals surface area contributed by atoms with Crippen molar-refractivity contribution in [3.05, 3.63) is 35.1 Å². The van der Waals surface area contributed by atoms with Crippen LogP contribution in [0.15, 0.2) is 12.1 Å². The summed E-state index contributed by atoms with van der Waals surface area (Å²) in [5.41, 5.74) is 5.44. The van der Waals surface area contributed by atoms with Gasteiger partial charge in [-0.2, -0.15) is 0 Å². The predicted octanol–water partition coefficient (Wildman–Crippen LogP) is 1.39. The fraction of sp³-hybridized carbons (Fsp3) is 0.533. The standard InChI is InChI=1S/C15H20F3N3O/c16-12-7-14(18)13(17)6-11(12)9-21-5-1-2-10(8-21)15(22)20-4-3-19/h6-7,10H,1-5,8-9,19H2,(H,20,22). The Bertz CT molecular complexity index is 539. The number of likely N-dealkylation sites (tertiary alicyclic amines) is 1. The SMILES string of the molecule is NCCNC(=O)C1CCCN(Cc2cc(F)c(F)cc2F)C1. The van der Waals surface area contributed by atoms with Crippen LogP contribution in [0.3, 0.4) is 0 Å². The van der Waals surface area contributed by atoms with E-state index < -0.39 is 17.5 Å². The van der Waals surface area contributed by atoms with Gasteiger partial charge in [-0.3, -0.25) is 9.69 Å². The molecule has 0 saturated carbocycles. The van der Waals surface area contributed by atoms with E-state index in [1.165, 1.54) is 0 Å². The Hall–Kier alpha value is -1.60. The van der Waals surface area contributed by atoms with Gasteiger partial charge in [0.1, 0.15) is 5.82 Å². The first-order valence-electron chi connectivity index (χ1n) is 7.34. The molecule has 1 heterocycles. The van der Waals surface area contributed by atoms with Gasteiger partial charge in [-0.15, -0.1) is 0 Å². The van der Waals surface area contributed by atoms with Crippen LogP contribution < -0.4 is 11.1 Å². The van der Waals surface area contributed by atoms with Crippen LogP contribution in [0.2, 0.25) is 0 Å². The smallest absolute Gasteiger partial charge is 0.224 e. The number of amides is 1. The zero-order valence-electron chi connectivity index (χ0n) is 12.2. The lowest BCUT2D eigenvalue weighted by Gasteiger charge is -2.32. The van der Waals surface area contributed by atoms with E-state index in [4.69, 9.17) is 5.73 Å². The number of rotatable bonds is 5. The number of hydrogen-bond donors (Lipinski definition) is 2. The molecule has 0 aliphatic carbocycles. The summed E-state index contributed by atoms with van der Waals surface area (Å²) in [6.07, 6.45) is 1.55. The third-order valence-electron chi connectivity index (χ3n) is 3.80. The highest BCUT2D eigenvalue weighted by molar-refractivity contribution is 5.78. The lowest BCUT2D eigenvalue weighted by atomic mass is 9.96. The average Bonchev–Trinajstić information content (AvgIpc) is 2.50. The van der Waals surface area contributed by atoms with Gasteiger partial charge >= 0.3 is 0 Å². The van der Waals surface area contributed by atoms with E-state index in [1.807, 2.05) is 4.90 Å². The first-order valence-corrected chi connectivity index (χ1v) is 7.34. The summed E-state index contributed by atoms with van der Waals surface area (Å²) < 4.78 is 39.8. The van der Waals surface area contributed by atoms with Gasteiger partial charge in [0.2, 0.25) is 5.91 Å². The van der Waals surface area contributed by atoms with Crippen molar-refractivity contribution in [2.45, 2.75) is 19.4 Å². The molecule has 0 spiro atoms. The molecule has 2 rings (SSSR count). The minimum atomic E-state index is -1.20. The minimum absolute atomic E-state index is 0.0686. The van der Waals surface area contributed by atoms with E-state index >= 15 is 0 Å². The van der Waals surface area contributed by atoms with Crippen molar-refractivity contribution in [1.82, 2.24) is 10.2 Å². The Kier molecular flexibility index (Phi) is 5.79. The van der Waals surface area contributed by atoms with Crippen LogP contribution in [0.25, 0.3) is 0 Å². The van der Waals surface area contributed by atoms with Crippen LogP contribution in [0.5, 0.6) is 0 Å². The van der Waals surface area contributed by atoms with Crippen LogP contribution >= 0.6 is 0 Å². The maximum absolute atomic E-state index is 13.7. The molecule has 1 aromatic rings. The molecule has 1 fully saturated rings. The highest BCUT2D eigenvalue weighted by Crippen LogP contribution is 2.21. The Labute approximate surface area is 127 Å². The zero-order valence-corrected chi connectivity index (χ0v) is 12.2. The number of hydrogen-bond acceptors (Lipinski definition) is 3. The van der Waals surface area contributed by atoms with Gasteiger partial charge < -0.3 is 11.1 Å². The van der Waals surface area contributed by atoms with Crippen molar-refractivity contribution in [2.24, 2.45) is 11.7 Å². The number of carbonyl (C=O) groups excluding carboxylic acids is 1. The van der Waals surface area contributed by atoms with Crippen LogP contribution in [0.1, 0.15) is 18.4 Å². The number of nitrogens with zero attached hydrogens (tertiary/aromatic N) is 1. The van der Waals surface area contributed by atoms with Crippen molar-refractivity contribution in [1.29, 1.82) is 0 Å². The second-order valence-electron chi connectivity index (χ2n) is 5.51. The third kappa shape index (κ3) is 4.20. The molecule has 1 saturated heterocycles. The van der Waals surface area contributed by atoms with Crippen molar-refractivity contribution in [2.75, 3.05) is 26.2 Å². The quantitative estimate of drug-likeness (QED) is 0.807. The van der Waals surface area contributed by atoms with Crippen molar-refractivity contribution in [3.8, 4) is 0 Å². The molecule has 22 heavy (non-hydrogen) atoms. The monoisotopic (exact) mass is 315 g/mol. The number of carbonyl (C=O) groups is 1. The molecule has 4 nitrogen and oxygen atoms in total. The molecule has 3 N–H and O–H groups in total. The van der Waals surface area contributed by atoms with Crippen LogP contribution in [-0.4, -0.2) is 37.0 Å². The van der Waals surface area contributed by atoms with Gasteiger partial charge in [0.15, 0.2) is 11.6 Å². The summed E-state index contributed by atoms with van der Waals surface area (Å²) in [6.45, 7) is 2.12. The summed E-state index contributed by atoms with van der Waals surface area (Å²) in [5.74, 6) is -3.28. The molecule has 1 atom stereocenters. The van der Waals surface area contributed by atoms with Crippen LogP contribution in [0.4, 0.5) is 13.2 Å². The summed E-state index contributed by atoms with van der Waals surface area (Å²) in [4.78, 5) is 13.8. The number of piperidine rings is 1. The van der Waals surface area contributed by atoms with Gasteiger partial charge in [0, 0.05) is 37.8 Å². The maximum atomic E-state index is 13.7. The molecule has 122 valence electrons. The van der Waals surface area contributed by atoms with Gasteiger partial charge in [0.05, 0.1) is 5.92 Å². The topological polar surface area (TPSA) is 58.4 Å². The summed E-state index contributed by atoms with van der Waals surface area (Å²) in [7, 11) is 0. The van der Waals surface area contributed by atoms with Crippen LogP contribution in [-0.2, 0) is 11.3 Å². The zero-order chi connectivity index (χ0) is 16.1. The molecule has 7 heteroatoms. The fourth-order valence-corrected chi connectivity index (χ4v) is 2.68. The molecule has 0 radical (unpaired) electrons. The van der Waals surface area contributed by atoms with E-state index in [2.05, 4.69) is 5.32 Å². The van der Waals surface area contributed by atoms with Gasteiger partial charge in [-0.25, -0.2) is 13.2 Å². The van der Waals surface area contributed by atoms with Gasteiger partial charge in [0.25, 0.3) is 0 Å². The second kappa shape index (κ2) is 7.60. The lowest BCUT2D eigenvalue weighted by molar-refractivity contribution is -0.126. The van der Waals surface area contributed by atoms with Crippen molar-refractivity contribution < 1.29 is 18.0 Å². The lowest BCUT2D eigenvalue weighted by Crippen LogP contribution is -2.43. The molecule has 1 unspecified atom stereocenters. The molecule has 1 aliphatic heterocycles. The predicted molar refractivity (Wildman–Crippen MR) is 76.4 cm³/mol. The van der Waals surface area contributed by atoms with E-state index in [9.17, 15) is 18.0 Å². The molecular weight excluding hydrogens is 295 g/mol. The minimum Gasteiger partial charge on any atom is -0.355 e. The highest BCUT2D eigenvalue weighted by atomic mass is 19.2. The largest absolute Gasteiger partial charge is 0.355 e. The second-order valence-corrected chi connectivity index (χ2v) is 5.51. The summed E-state index contributed by atoms with van der Waals surface area (Å²) >= 11 is 0. The van der Waals surface area contributed by atoms with Crippen molar-refractivity contribution in [3.63, 3.8) is 0 Å².